The van der Waals surface area contributed by atoms with Crippen LogP contribution in [0.1, 0.15) is 25.7 Å². The summed E-state index contributed by atoms with van der Waals surface area (Å²) in [5, 5.41) is 9.72. The molecule has 2 unspecified atom stereocenters. The fourth-order valence-electron chi connectivity index (χ4n) is 2.24. The maximum atomic E-state index is 9.72. The predicted molar refractivity (Wildman–Crippen MR) is 59.4 cm³/mol. The first-order chi connectivity index (χ1) is 6.61. The zero-order valence-corrected chi connectivity index (χ0v) is 9.74. The van der Waals surface area contributed by atoms with Gasteiger partial charge >= 0.3 is 0 Å². The molecule has 0 spiro atoms. The molecule has 3 heteroatoms. The fourth-order valence-corrected chi connectivity index (χ4v) is 2.24. The Hall–Kier alpha value is -0.120. The summed E-state index contributed by atoms with van der Waals surface area (Å²) >= 11 is 0. The largest absolute Gasteiger partial charge is 0.391 e. The van der Waals surface area contributed by atoms with E-state index in [0.717, 1.165) is 19.5 Å². The third kappa shape index (κ3) is 3.56. The van der Waals surface area contributed by atoms with Gasteiger partial charge in [0.2, 0.25) is 0 Å². The number of hydrogen-bond acceptors (Lipinski definition) is 3. The van der Waals surface area contributed by atoms with Crippen LogP contribution in [0, 0.1) is 0 Å². The van der Waals surface area contributed by atoms with Crippen molar-refractivity contribution in [2.45, 2.75) is 37.8 Å². The Morgan fingerprint density at radius 1 is 1.14 bits per heavy atom. The van der Waals surface area contributed by atoms with E-state index in [4.69, 9.17) is 0 Å². The molecular formula is C11H24N2O. The third-order valence-corrected chi connectivity index (χ3v) is 3.13. The van der Waals surface area contributed by atoms with Gasteiger partial charge < -0.3 is 14.9 Å². The van der Waals surface area contributed by atoms with Crippen molar-refractivity contribution in [3.05, 3.63) is 0 Å². The van der Waals surface area contributed by atoms with E-state index in [9.17, 15) is 5.11 Å². The van der Waals surface area contributed by atoms with Crippen LogP contribution in [-0.2, 0) is 0 Å². The molecule has 0 aliphatic heterocycles. The summed E-state index contributed by atoms with van der Waals surface area (Å²) in [7, 11) is 6.34. The van der Waals surface area contributed by atoms with Crippen LogP contribution in [0.25, 0.3) is 0 Å². The molecule has 84 valence electrons. The monoisotopic (exact) mass is 200 g/mol. The molecule has 0 aromatic carbocycles. The van der Waals surface area contributed by atoms with Crippen molar-refractivity contribution in [1.82, 2.24) is 9.80 Å². The molecular weight excluding hydrogens is 176 g/mol. The van der Waals surface area contributed by atoms with Crippen molar-refractivity contribution >= 4 is 0 Å². The molecule has 0 heterocycles. The Morgan fingerprint density at radius 2 is 1.86 bits per heavy atom. The molecule has 1 N–H and O–H groups in total. The molecule has 1 fully saturated rings. The zero-order valence-electron chi connectivity index (χ0n) is 9.74. The molecule has 1 aliphatic rings. The molecule has 2 atom stereocenters. The minimum Gasteiger partial charge on any atom is -0.391 e. The number of rotatable bonds is 5. The average molecular weight is 200 g/mol. The van der Waals surface area contributed by atoms with Crippen LogP contribution >= 0.6 is 0 Å². The van der Waals surface area contributed by atoms with E-state index in [-0.39, 0.29) is 6.10 Å². The topological polar surface area (TPSA) is 26.7 Å². The lowest BCUT2D eigenvalue weighted by Crippen LogP contribution is -2.38. The van der Waals surface area contributed by atoms with Crippen LogP contribution < -0.4 is 0 Å². The molecule has 1 saturated carbocycles. The highest BCUT2D eigenvalue weighted by Crippen LogP contribution is 2.23. The molecule has 0 radical (unpaired) electrons. The molecule has 0 amide bonds. The summed E-state index contributed by atoms with van der Waals surface area (Å²) in [4.78, 5) is 4.53. The molecule has 14 heavy (non-hydrogen) atoms. The molecule has 0 aromatic heterocycles. The average Bonchev–Trinajstić information content (AvgIpc) is 2.50. The lowest BCUT2D eigenvalue weighted by atomic mass is 10.2. The second-order valence-corrected chi connectivity index (χ2v) is 4.70. The Labute approximate surface area is 87.7 Å². The molecule has 0 aromatic rings. The van der Waals surface area contributed by atoms with Crippen LogP contribution in [0.2, 0.25) is 0 Å². The quantitative estimate of drug-likeness (QED) is 0.710. The number of nitrogens with zero attached hydrogens (tertiary/aromatic N) is 2. The van der Waals surface area contributed by atoms with E-state index < -0.39 is 0 Å². The summed E-state index contributed by atoms with van der Waals surface area (Å²) in [6.07, 6.45) is 4.44. The lowest BCUT2D eigenvalue weighted by Gasteiger charge is -2.27. The summed E-state index contributed by atoms with van der Waals surface area (Å²) in [6, 6.07) is 0.414. The first-order valence-corrected chi connectivity index (χ1v) is 5.64. The highest BCUT2D eigenvalue weighted by atomic mass is 16.3. The fraction of sp³-hybridized carbons (Fsp3) is 1.00. The van der Waals surface area contributed by atoms with E-state index in [2.05, 4.69) is 30.9 Å². The van der Waals surface area contributed by atoms with Gasteiger partial charge in [0, 0.05) is 6.04 Å². The minimum absolute atomic E-state index is 0.0839. The highest BCUT2D eigenvalue weighted by molar-refractivity contribution is 4.83. The first-order valence-electron chi connectivity index (χ1n) is 5.64. The van der Waals surface area contributed by atoms with Gasteiger partial charge in [-0.05, 0) is 59.9 Å². The van der Waals surface area contributed by atoms with E-state index in [1.807, 2.05) is 0 Å². The van der Waals surface area contributed by atoms with Gasteiger partial charge in [-0.2, -0.15) is 0 Å². The Morgan fingerprint density at radius 3 is 2.36 bits per heavy atom. The summed E-state index contributed by atoms with van der Waals surface area (Å²) in [6.45, 7) is 2.23. The van der Waals surface area contributed by atoms with Gasteiger partial charge in [-0.15, -0.1) is 0 Å². The smallest absolute Gasteiger partial charge is 0.0695 e. The van der Waals surface area contributed by atoms with Crippen molar-refractivity contribution < 1.29 is 5.11 Å². The first kappa shape index (κ1) is 12.0. The van der Waals surface area contributed by atoms with Gasteiger partial charge in [0.15, 0.2) is 0 Å². The Kier molecular flexibility index (Phi) is 4.85. The maximum absolute atomic E-state index is 9.72. The van der Waals surface area contributed by atoms with Gasteiger partial charge in [-0.25, -0.2) is 0 Å². The predicted octanol–water partition coefficient (Wildman–Crippen LogP) is 0.783. The summed E-state index contributed by atoms with van der Waals surface area (Å²) in [5.74, 6) is 0. The highest BCUT2D eigenvalue weighted by Gasteiger charge is 2.27. The van der Waals surface area contributed by atoms with Crippen LogP contribution in [0.5, 0.6) is 0 Å². The second-order valence-electron chi connectivity index (χ2n) is 4.70. The standard InChI is InChI=1S/C11H24N2O/c1-12(2)8-5-9-13(3)10-6-4-7-11(10)14/h10-11,14H,4-9H2,1-3H3. The van der Waals surface area contributed by atoms with E-state index >= 15 is 0 Å². The summed E-state index contributed by atoms with van der Waals surface area (Å²) < 4.78 is 0. The molecule has 0 saturated heterocycles. The van der Waals surface area contributed by atoms with E-state index in [1.54, 1.807) is 0 Å². The van der Waals surface area contributed by atoms with Gasteiger partial charge in [-0.3, -0.25) is 0 Å². The SMILES string of the molecule is CN(C)CCCN(C)C1CCCC1O. The van der Waals surface area contributed by atoms with Gasteiger partial charge in [-0.1, -0.05) is 0 Å². The maximum Gasteiger partial charge on any atom is 0.0695 e. The number of hydrogen-bond donors (Lipinski definition) is 1. The third-order valence-electron chi connectivity index (χ3n) is 3.13. The molecule has 3 nitrogen and oxygen atoms in total. The van der Waals surface area contributed by atoms with Gasteiger partial charge in [0.1, 0.15) is 0 Å². The molecule has 0 bridgehead atoms. The van der Waals surface area contributed by atoms with E-state index in [1.165, 1.54) is 19.3 Å². The van der Waals surface area contributed by atoms with E-state index in [0.29, 0.717) is 6.04 Å². The number of aliphatic hydroxyl groups excluding tert-OH is 1. The lowest BCUT2D eigenvalue weighted by molar-refractivity contribution is 0.0846. The molecule has 1 rings (SSSR count). The van der Waals surface area contributed by atoms with Crippen LogP contribution in [0.3, 0.4) is 0 Å². The van der Waals surface area contributed by atoms with Crippen molar-refractivity contribution in [3.8, 4) is 0 Å². The molecule has 1 aliphatic carbocycles. The Bertz CT molecular complexity index is 161. The van der Waals surface area contributed by atoms with Crippen molar-refractivity contribution in [2.24, 2.45) is 0 Å². The second kappa shape index (κ2) is 5.69. The Balaban J connectivity index is 2.17. The normalized spacial score (nSPS) is 27.9. The van der Waals surface area contributed by atoms with Crippen LogP contribution in [0.4, 0.5) is 0 Å². The van der Waals surface area contributed by atoms with Crippen molar-refractivity contribution in [2.75, 3.05) is 34.2 Å². The van der Waals surface area contributed by atoms with Crippen molar-refractivity contribution in [1.29, 1.82) is 0 Å². The van der Waals surface area contributed by atoms with Crippen molar-refractivity contribution in [3.63, 3.8) is 0 Å². The zero-order chi connectivity index (χ0) is 10.6. The van der Waals surface area contributed by atoms with Crippen LogP contribution in [-0.4, -0.2) is 61.3 Å². The summed E-state index contributed by atoms with van der Waals surface area (Å²) in [5.41, 5.74) is 0. The van der Waals surface area contributed by atoms with Gasteiger partial charge in [0.05, 0.1) is 6.10 Å². The minimum atomic E-state index is -0.0839. The van der Waals surface area contributed by atoms with Gasteiger partial charge in [0.25, 0.3) is 0 Å². The number of likely N-dealkylation sites (N-methyl/N-ethyl adjacent to an activating group) is 1. The number of aliphatic hydroxyl groups is 1. The van der Waals surface area contributed by atoms with Crippen LogP contribution in [0.15, 0.2) is 0 Å².